The van der Waals surface area contributed by atoms with E-state index in [0.29, 0.717) is 0 Å². The van der Waals surface area contributed by atoms with Crippen molar-refractivity contribution in [3.8, 4) is 0 Å². The van der Waals surface area contributed by atoms with Crippen LogP contribution in [0.3, 0.4) is 0 Å². The highest BCUT2D eigenvalue weighted by Crippen LogP contribution is 2.24. The zero-order valence-electron chi connectivity index (χ0n) is 7.86. The summed E-state index contributed by atoms with van der Waals surface area (Å²) in [7, 11) is -3.64. The van der Waals surface area contributed by atoms with E-state index in [2.05, 4.69) is 0 Å². The van der Waals surface area contributed by atoms with Gasteiger partial charge in [0.25, 0.3) is 0 Å². The molecule has 1 atom stereocenters. The molecule has 0 fully saturated rings. The van der Waals surface area contributed by atoms with Crippen molar-refractivity contribution < 1.29 is 17.9 Å². The Morgan fingerprint density at radius 1 is 1.43 bits per heavy atom. The first-order chi connectivity index (χ1) is 6.34. The van der Waals surface area contributed by atoms with E-state index in [1.165, 1.54) is 19.1 Å². The van der Waals surface area contributed by atoms with Gasteiger partial charge in [-0.25, -0.2) is 12.8 Å². The van der Waals surface area contributed by atoms with Crippen LogP contribution < -0.4 is 0 Å². The molecule has 0 aliphatic carbocycles. The van der Waals surface area contributed by atoms with Gasteiger partial charge in [-0.2, -0.15) is 0 Å². The van der Waals surface area contributed by atoms with E-state index in [4.69, 9.17) is 0 Å². The molecular formula is C9H11FO3S. The van der Waals surface area contributed by atoms with Crippen LogP contribution in [0.5, 0.6) is 0 Å². The molecule has 1 unspecified atom stereocenters. The average Bonchev–Trinajstić information content (AvgIpc) is 2.01. The maximum Gasteiger partial charge on any atom is 0.178 e. The van der Waals surface area contributed by atoms with Crippen molar-refractivity contribution >= 4 is 9.84 Å². The molecule has 0 amide bonds. The van der Waals surface area contributed by atoms with E-state index in [-0.39, 0.29) is 5.56 Å². The highest BCUT2D eigenvalue weighted by molar-refractivity contribution is 7.90. The van der Waals surface area contributed by atoms with Gasteiger partial charge in [0, 0.05) is 11.8 Å². The molecule has 0 saturated carbocycles. The Bertz CT molecular complexity index is 437. The van der Waals surface area contributed by atoms with Crippen molar-refractivity contribution in [1.29, 1.82) is 0 Å². The summed E-state index contributed by atoms with van der Waals surface area (Å²) in [4.78, 5) is -0.421. The lowest BCUT2D eigenvalue weighted by atomic mass is 10.1. The molecule has 1 aromatic carbocycles. The number of rotatable bonds is 2. The highest BCUT2D eigenvalue weighted by atomic mass is 32.2. The molecule has 5 heteroatoms. The zero-order chi connectivity index (χ0) is 10.9. The van der Waals surface area contributed by atoms with Crippen molar-refractivity contribution in [3.05, 3.63) is 29.6 Å². The fraction of sp³-hybridized carbons (Fsp3) is 0.333. The Hall–Kier alpha value is -0.940. The molecule has 0 radical (unpaired) electrons. The van der Waals surface area contributed by atoms with E-state index in [0.717, 1.165) is 12.3 Å². The molecule has 0 aliphatic heterocycles. The number of hydrogen-bond donors (Lipinski definition) is 1. The van der Waals surface area contributed by atoms with Gasteiger partial charge in [-0.1, -0.05) is 12.1 Å². The number of aliphatic hydroxyl groups is 1. The van der Waals surface area contributed by atoms with Crippen LogP contribution in [0.25, 0.3) is 0 Å². The van der Waals surface area contributed by atoms with Crippen molar-refractivity contribution in [2.24, 2.45) is 0 Å². The van der Waals surface area contributed by atoms with Crippen LogP contribution in [0, 0.1) is 5.82 Å². The van der Waals surface area contributed by atoms with Gasteiger partial charge in [0.05, 0.1) is 6.10 Å². The standard InChI is InChI=1S/C9H11FO3S/c1-6(11)7-4-3-5-8(10)9(7)14(2,12)13/h3-6,11H,1-2H3. The molecule has 0 aromatic heterocycles. The van der Waals surface area contributed by atoms with Crippen LogP contribution in [-0.2, 0) is 9.84 Å². The van der Waals surface area contributed by atoms with Crippen LogP contribution in [0.15, 0.2) is 23.1 Å². The average molecular weight is 218 g/mol. The van der Waals surface area contributed by atoms with Gasteiger partial charge in [0.1, 0.15) is 10.7 Å². The molecule has 3 nitrogen and oxygen atoms in total. The summed E-state index contributed by atoms with van der Waals surface area (Å²) in [6.07, 6.45) is -0.0903. The predicted molar refractivity (Wildman–Crippen MR) is 50.1 cm³/mol. The van der Waals surface area contributed by atoms with Gasteiger partial charge in [0.15, 0.2) is 9.84 Å². The van der Waals surface area contributed by atoms with Crippen molar-refractivity contribution in [2.45, 2.75) is 17.9 Å². The molecule has 0 heterocycles. The monoisotopic (exact) mass is 218 g/mol. The van der Waals surface area contributed by atoms with Crippen LogP contribution in [-0.4, -0.2) is 19.8 Å². The van der Waals surface area contributed by atoms with Gasteiger partial charge in [0.2, 0.25) is 0 Å². The largest absolute Gasteiger partial charge is 0.389 e. The SMILES string of the molecule is CC(O)c1cccc(F)c1S(C)(=O)=O. The molecule has 1 N–H and O–H groups in total. The Morgan fingerprint density at radius 3 is 2.36 bits per heavy atom. The summed E-state index contributed by atoms with van der Waals surface area (Å²) in [5, 5.41) is 9.26. The third kappa shape index (κ3) is 2.10. The van der Waals surface area contributed by atoms with E-state index in [9.17, 15) is 17.9 Å². The van der Waals surface area contributed by atoms with Crippen LogP contribution in [0.1, 0.15) is 18.6 Å². The Morgan fingerprint density at radius 2 is 2.00 bits per heavy atom. The summed E-state index contributed by atoms with van der Waals surface area (Å²) in [6, 6.07) is 3.82. The molecule has 14 heavy (non-hydrogen) atoms. The molecule has 0 spiro atoms. The molecular weight excluding hydrogens is 207 g/mol. The van der Waals surface area contributed by atoms with Gasteiger partial charge in [-0.3, -0.25) is 0 Å². The molecule has 1 rings (SSSR count). The number of sulfone groups is 1. The normalized spacial score (nSPS) is 14.0. The maximum absolute atomic E-state index is 13.2. The zero-order valence-corrected chi connectivity index (χ0v) is 8.68. The van der Waals surface area contributed by atoms with E-state index < -0.39 is 26.7 Å². The fourth-order valence-corrected chi connectivity index (χ4v) is 2.33. The minimum atomic E-state index is -3.64. The first kappa shape index (κ1) is 11.1. The summed E-state index contributed by atoms with van der Waals surface area (Å²) in [5.74, 6) is -0.828. The quantitative estimate of drug-likeness (QED) is 0.813. The first-order valence-corrected chi connectivity index (χ1v) is 5.89. The minimum absolute atomic E-state index is 0.0903. The fourth-order valence-electron chi connectivity index (χ4n) is 1.25. The lowest BCUT2D eigenvalue weighted by molar-refractivity contribution is 0.195. The topological polar surface area (TPSA) is 54.4 Å². The van der Waals surface area contributed by atoms with Gasteiger partial charge in [-0.15, -0.1) is 0 Å². The van der Waals surface area contributed by atoms with Gasteiger partial charge >= 0.3 is 0 Å². The lowest BCUT2D eigenvalue weighted by Crippen LogP contribution is -2.07. The van der Waals surface area contributed by atoms with E-state index >= 15 is 0 Å². The lowest BCUT2D eigenvalue weighted by Gasteiger charge is -2.10. The summed E-state index contributed by atoms with van der Waals surface area (Å²) in [5.41, 5.74) is 0.0903. The number of halogens is 1. The molecule has 1 aromatic rings. The van der Waals surface area contributed by atoms with E-state index in [1.54, 1.807) is 0 Å². The third-order valence-electron chi connectivity index (χ3n) is 1.82. The Balaban J connectivity index is 3.54. The second-order valence-electron chi connectivity index (χ2n) is 3.11. The second kappa shape index (κ2) is 3.67. The summed E-state index contributed by atoms with van der Waals surface area (Å²) >= 11 is 0. The van der Waals surface area contributed by atoms with Gasteiger partial charge < -0.3 is 5.11 Å². The Kier molecular flexibility index (Phi) is 2.92. The molecule has 0 aliphatic rings. The van der Waals surface area contributed by atoms with Crippen LogP contribution >= 0.6 is 0 Å². The number of aliphatic hydroxyl groups excluding tert-OH is 1. The number of benzene rings is 1. The molecule has 0 bridgehead atoms. The summed E-state index contributed by atoms with van der Waals surface area (Å²) in [6.45, 7) is 1.39. The summed E-state index contributed by atoms with van der Waals surface area (Å²) < 4.78 is 35.7. The van der Waals surface area contributed by atoms with Crippen molar-refractivity contribution in [3.63, 3.8) is 0 Å². The van der Waals surface area contributed by atoms with Crippen LogP contribution in [0.4, 0.5) is 4.39 Å². The highest BCUT2D eigenvalue weighted by Gasteiger charge is 2.20. The minimum Gasteiger partial charge on any atom is -0.389 e. The molecule has 0 saturated heterocycles. The van der Waals surface area contributed by atoms with Crippen LogP contribution in [0.2, 0.25) is 0 Å². The smallest absolute Gasteiger partial charge is 0.178 e. The first-order valence-electron chi connectivity index (χ1n) is 4.00. The van der Waals surface area contributed by atoms with Gasteiger partial charge in [-0.05, 0) is 13.0 Å². The maximum atomic E-state index is 13.2. The van der Waals surface area contributed by atoms with E-state index in [1.807, 2.05) is 0 Å². The Labute approximate surface area is 82.1 Å². The second-order valence-corrected chi connectivity index (χ2v) is 5.06. The molecule has 78 valence electrons. The third-order valence-corrected chi connectivity index (χ3v) is 2.99. The predicted octanol–water partition coefficient (Wildman–Crippen LogP) is 1.28. The number of hydrogen-bond acceptors (Lipinski definition) is 3. The van der Waals surface area contributed by atoms with Crippen molar-refractivity contribution in [1.82, 2.24) is 0 Å². The van der Waals surface area contributed by atoms with Crippen molar-refractivity contribution in [2.75, 3.05) is 6.26 Å².